The zero-order valence-electron chi connectivity index (χ0n) is 16.3. The van der Waals surface area contributed by atoms with Crippen molar-refractivity contribution >= 4 is 35.4 Å². The van der Waals surface area contributed by atoms with Gasteiger partial charge in [0.25, 0.3) is 0 Å². The van der Waals surface area contributed by atoms with Gasteiger partial charge in [-0.3, -0.25) is 15.0 Å². The van der Waals surface area contributed by atoms with Gasteiger partial charge in [-0.2, -0.15) is 13.2 Å². The minimum Gasteiger partial charge on any atom is -0.386 e. The molecule has 13 heteroatoms. The molecule has 1 unspecified atom stereocenters. The standard InChI is InChI=1S/C18H20F3N5O5/c1-9(8-13(27)31-16(29)18(19,20)21)24-17(30)25-12-6-7-26(15(12)28)11-4-2-10(3-5-11)14(22)23/h2-5,9,12H,6-8H2,1H3,(H3,22,23)(H2,24,25,30)/t9-,12?/m1/s1. The Kier molecular flexibility index (Phi) is 7.20. The molecule has 1 aliphatic rings. The van der Waals surface area contributed by atoms with Crippen LogP contribution in [0.25, 0.3) is 0 Å². The number of alkyl halides is 3. The lowest BCUT2D eigenvalue weighted by Crippen LogP contribution is -2.48. The minimum absolute atomic E-state index is 0.115. The van der Waals surface area contributed by atoms with Crippen molar-refractivity contribution in [1.82, 2.24) is 10.6 Å². The monoisotopic (exact) mass is 443 g/mol. The first-order valence-electron chi connectivity index (χ1n) is 9.03. The summed E-state index contributed by atoms with van der Waals surface area (Å²) in [5.74, 6) is -4.58. The van der Waals surface area contributed by atoms with Gasteiger partial charge in [0.2, 0.25) is 5.91 Å². The quantitative estimate of drug-likeness (QED) is 0.221. The SMILES string of the molecule is C[C@H](CC(=O)OC(=O)C(F)(F)F)NC(=O)NC1CCN(c2ccc(C(=N)N)cc2)C1=O. The van der Waals surface area contributed by atoms with Crippen LogP contribution in [-0.4, -0.2) is 54.5 Å². The first-order chi connectivity index (χ1) is 14.4. The maximum Gasteiger partial charge on any atom is 0.491 e. The second kappa shape index (κ2) is 9.45. The average molecular weight is 443 g/mol. The first kappa shape index (κ1) is 23.6. The second-order valence-electron chi connectivity index (χ2n) is 6.77. The van der Waals surface area contributed by atoms with Gasteiger partial charge >= 0.3 is 24.1 Å². The third-order valence-corrected chi connectivity index (χ3v) is 4.29. The summed E-state index contributed by atoms with van der Waals surface area (Å²) >= 11 is 0. The molecule has 1 saturated heterocycles. The van der Waals surface area contributed by atoms with Crippen LogP contribution < -0.4 is 21.3 Å². The number of amidine groups is 1. The maximum absolute atomic E-state index is 12.5. The Labute approximate surface area is 174 Å². The van der Waals surface area contributed by atoms with Crippen LogP contribution in [0, 0.1) is 5.41 Å². The Morgan fingerprint density at radius 3 is 2.45 bits per heavy atom. The molecule has 0 radical (unpaired) electrons. The maximum atomic E-state index is 12.5. The fraction of sp³-hybridized carbons (Fsp3) is 0.389. The van der Waals surface area contributed by atoms with E-state index in [1.54, 1.807) is 24.3 Å². The third kappa shape index (κ3) is 6.42. The van der Waals surface area contributed by atoms with E-state index in [-0.39, 0.29) is 11.7 Å². The summed E-state index contributed by atoms with van der Waals surface area (Å²) in [6, 6.07) is 3.79. The lowest BCUT2D eigenvalue weighted by atomic mass is 10.2. The highest BCUT2D eigenvalue weighted by atomic mass is 19.4. The number of rotatable bonds is 6. The van der Waals surface area contributed by atoms with E-state index in [0.717, 1.165) is 0 Å². The number of carbonyl (C=O) groups excluding carboxylic acids is 4. The normalized spacial score (nSPS) is 17.1. The number of ether oxygens (including phenoxy) is 1. The number of esters is 2. The number of halogens is 3. The number of nitrogen functional groups attached to an aromatic ring is 1. The van der Waals surface area contributed by atoms with E-state index < -0.39 is 42.7 Å². The van der Waals surface area contributed by atoms with Gasteiger partial charge < -0.3 is 26.0 Å². The van der Waals surface area contributed by atoms with Gasteiger partial charge in [-0.1, -0.05) is 0 Å². The molecule has 31 heavy (non-hydrogen) atoms. The molecule has 1 fully saturated rings. The van der Waals surface area contributed by atoms with E-state index in [1.807, 2.05) is 0 Å². The molecule has 0 bridgehead atoms. The van der Waals surface area contributed by atoms with Crippen LogP contribution in [0.15, 0.2) is 24.3 Å². The van der Waals surface area contributed by atoms with E-state index in [0.29, 0.717) is 24.2 Å². The largest absolute Gasteiger partial charge is 0.491 e. The molecule has 1 aliphatic heterocycles. The van der Waals surface area contributed by atoms with Crippen LogP contribution in [0.1, 0.15) is 25.3 Å². The van der Waals surface area contributed by atoms with Gasteiger partial charge in [0.15, 0.2) is 0 Å². The highest BCUT2D eigenvalue weighted by molar-refractivity contribution is 6.02. The minimum atomic E-state index is -5.30. The van der Waals surface area contributed by atoms with Crippen molar-refractivity contribution in [2.24, 2.45) is 5.73 Å². The van der Waals surface area contributed by atoms with Crippen LogP contribution in [-0.2, 0) is 19.1 Å². The molecule has 1 aromatic carbocycles. The van der Waals surface area contributed by atoms with Gasteiger partial charge in [0.1, 0.15) is 11.9 Å². The number of anilines is 1. The number of amides is 3. The summed E-state index contributed by atoms with van der Waals surface area (Å²) in [7, 11) is 0. The highest BCUT2D eigenvalue weighted by Crippen LogP contribution is 2.22. The summed E-state index contributed by atoms with van der Waals surface area (Å²) in [4.78, 5) is 48.0. The third-order valence-electron chi connectivity index (χ3n) is 4.29. The number of nitrogens with zero attached hydrogens (tertiary/aromatic N) is 1. The van der Waals surface area contributed by atoms with Gasteiger partial charge in [-0.05, 0) is 37.6 Å². The average Bonchev–Trinajstić information content (AvgIpc) is 3.00. The Morgan fingerprint density at radius 1 is 1.29 bits per heavy atom. The zero-order chi connectivity index (χ0) is 23.3. The van der Waals surface area contributed by atoms with Crippen molar-refractivity contribution in [3.63, 3.8) is 0 Å². The smallest absolute Gasteiger partial charge is 0.386 e. The molecule has 2 atom stereocenters. The molecule has 1 heterocycles. The summed E-state index contributed by atoms with van der Waals surface area (Å²) in [6.07, 6.45) is -5.68. The number of benzene rings is 1. The van der Waals surface area contributed by atoms with Crippen LogP contribution in [0.3, 0.4) is 0 Å². The molecule has 5 N–H and O–H groups in total. The van der Waals surface area contributed by atoms with Crippen molar-refractivity contribution in [3.05, 3.63) is 29.8 Å². The topological polar surface area (TPSA) is 155 Å². The Morgan fingerprint density at radius 2 is 1.90 bits per heavy atom. The van der Waals surface area contributed by atoms with Crippen molar-refractivity contribution < 1.29 is 37.1 Å². The van der Waals surface area contributed by atoms with Gasteiger partial charge in [0, 0.05) is 23.8 Å². The number of carbonyl (C=O) groups is 4. The van der Waals surface area contributed by atoms with Crippen molar-refractivity contribution in [1.29, 1.82) is 5.41 Å². The molecule has 1 aromatic rings. The zero-order valence-corrected chi connectivity index (χ0v) is 16.3. The predicted octanol–water partition coefficient (Wildman–Crippen LogP) is 0.786. The predicted molar refractivity (Wildman–Crippen MR) is 101 cm³/mol. The van der Waals surface area contributed by atoms with Gasteiger partial charge in [0.05, 0.1) is 6.42 Å². The summed E-state index contributed by atoms with van der Waals surface area (Å²) in [5, 5.41) is 12.1. The molecular weight excluding hydrogens is 423 g/mol. The van der Waals surface area contributed by atoms with E-state index in [2.05, 4.69) is 15.4 Å². The Hall–Kier alpha value is -3.64. The number of nitrogens with one attached hydrogen (secondary N) is 3. The molecule has 0 aromatic heterocycles. The van der Waals surface area contributed by atoms with Crippen molar-refractivity contribution in [2.45, 2.75) is 38.0 Å². The molecular formula is C18H20F3N5O5. The van der Waals surface area contributed by atoms with E-state index in [9.17, 15) is 32.3 Å². The first-order valence-corrected chi connectivity index (χ1v) is 9.03. The number of urea groups is 1. The van der Waals surface area contributed by atoms with Gasteiger partial charge in [-0.25, -0.2) is 9.59 Å². The Balaban J connectivity index is 1.84. The van der Waals surface area contributed by atoms with Gasteiger partial charge in [-0.15, -0.1) is 0 Å². The van der Waals surface area contributed by atoms with Crippen LogP contribution in [0.4, 0.5) is 23.7 Å². The molecule has 0 saturated carbocycles. The lowest BCUT2D eigenvalue weighted by Gasteiger charge is -2.19. The van der Waals surface area contributed by atoms with E-state index in [4.69, 9.17) is 11.1 Å². The van der Waals surface area contributed by atoms with Crippen LogP contribution >= 0.6 is 0 Å². The summed E-state index contributed by atoms with van der Waals surface area (Å²) in [6.45, 7) is 1.64. The number of hydrogen-bond donors (Lipinski definition) is 4. The molecule has 0 spiro atoms. The second-order valence-corrected chi connectivity index (χ2v) is 6.77. The van der Waals surface area contributed by atoms with Crippen molar-refractivity contribution in [3.8, 4) is 0 Å². The molecule has 0 aliphatic carbocycles. The lowest BCUT2D eigenvalue weighted by molar-refractivity contribution is -0.201. The number of hydrogen-bond acceptors (Lipinski definition) is 6. The Bertz CT molecular complexity index is 888. The summed E-state index contributed by atoms with van der Waals surface area (Å²) < 4.78 is 39.9. The number of nitrogens with two attached hydrogens (primary N) is 1. The fourth-order valence-corrected chi connectivity index (χ4v) is 2.82. The van der Waals surface area contributed by atoms with Crippen molar-refractivity contribution in [2.75, 3.05) is 11.4 Å². The molecule has 3 amide bonds. The molecule has 2 rings (SSSR count). The molecule has 168 valence electrons. The van der Waals surface area contributed by atoms with Crippen LogP contribution in [0.5, 0.6) is 0 Å². The fourth-order valence-electron chi connectivity index (χ4n) is 2.82. The molecule has 10 nitrogen and oxygen atoms in total. The van der Waals surface area contributed by atoms with E-state index >= 15 is 0 Å². The van der Waals surface area contributed by atoms with Crippen LogP contribution in [0.2, 0.25) is 0 Å². The summed E-state index contributed by atoms with van der Waals surface area (Å²) in [5.41, 5.74) is 6.44. The highest BCUT2D eigenvalue weighted by Gasteiger charge is 2.42. The van der Waals surface area contributed by atoms with E-state index in [1.165, 1.54) is 11.8 Å².